The lowest BCUT2D eigenvalue weighted by molar-refractivity contribution is 0.267. The van der Waals surface area contributed by atoms with Crippen molar-refractivity contribution in [3.8, 4) is 0 Å². The molecule has 0 saturated carbocycles. The minimum Gasteiger partial charge on any atom is -0.396 e. The van der Waals surface area contributed by atoms with Gasteiger partial charge in [0, 0.05) is 17.5 Å². The van der Waals surface area contributed by atoms with Crippen LogP contribution in [0.2, 0.25) is 0 Å². The number of thiophene rings is 1. The van der Waals surface area contributed by atoms with Crippen LogP contribution in [0.3, 0.4) is 0 Å². The van der Waals surface area contributed by atoms with Crippen molar-refractivity contribution in [2.45, 2.75) is 26.3 Å². The lowest BCUT2D eigenvalue weighted by atomic mass is 10.1. The zero-order chi connectivity index (χ0) is 9.68. The van der Waals surface area contributed by atoms with Gasteiger partial charge in [0.2, 0.25) is 0 Å². The van der Waals surface area contributed by atoms with Crippen molar-refractivity contribution in [1.82, 2.24) is 5.32 Å². The summed E-state index contributed by atoms with van der Waals surface area (Å²) in [6, 6.07) is 2.46. The zero-order valence-electron chi connectivity index (χ0n) is 8.21. The zero-order valence-corrected chi connectivity index (χ0v) is 9.03. The largest absolute Gasteiger partial charge is 0.396 e. The first-order chi connectivity index (χ1) is 6.29. The molecular formula is C10H17NOS. The highest BCUT2D eigenvalue weighted by atomic mass is 32.1. The summed E-state index contributed by atoms with van der Waals surface area (Å²) < 4.78 is 0. The Bertz CT molecular complexity index is 241. The van der Waals surface area contributed by atoms with E-state index >= 15 is 0 Å². The van der Waals surface area contributed by atoms with Crippen LogP contribution in [0.4, 0.5) is 0 Å². The predicted molar refractivity (Wildman–Crippen MR) is 57.2 cm³/mol. The van der Waals surface area contributed by atoms with Crippen molar-refractivity contribution in [1.29, 1.82) is 0 Å². The predicted octanol–water partition coefficient (Wildman–Crippen LogP) is 2.09. The van der Waals surface area contributed by atoms with Crippen molar-refractivity contribution in [3.05, 3.63) is 21.9 Å². The van der Waals surface area contributed by atoms with Crippen molar-refractivity contribution in [2.24, 2.45) is 0 Å². The Morgan fingerprint density at radius 2 is 2.38 bits per heavy atom. The monoisotopic (exact) mass is 199 g/mol. The molecule has 0 amide bonds. The smallest absolute Gasteiger partial charge is 0.0449 e. The van der Waals surface area contributed by atoms with Crippen LogP contribution >= 0.6 is 11.3 Å². The molecule has 1 aromatic heterocycles. The first-order valence-corrected chi connectivity index (χ1v) is 5.55. The summed E-state index contributed by atoms with van der Waals surface area (Å²) >= 11 is 1.76. The number of nitrogens with one attached hydrogen (secondary N) is 1. The summed E-state index contributed by atoms with van der Waals surface area (Å²) in [6.07, 6.45) is 0.801. The van der Waals surface area contributed by atoms with Gasteiger partial charge in [-0.3, -0.25) is 0 Å². The minimum absolute atomic E-state index is 0.245. The third-order valence-corrected chi connectivity index (χ3v) is 3.22. The van der Waals surface area contributed by atoms with Crippen molar-refractivity contribution < 1.29 is 5.11 Å². The average molecular weight is 199 g/mol. The van der Waals surface area contributed by atoms with Gasteiger partial charge in [0.1, 0.15) is 0 Å². The molecule has 0 fully saturated rings. The fourth-order valence-electron chi connectivity index (χ4n) is 1.44. The van der Waals surface area contributed by atoms with Gasteiger partial charge in [0.05, 0.1) is 0 Å². The quantitative estimate of drug-likeness (QED) is 0.761. The molecule has 1 aromatic rings. The lowest BCUT2D eigenvalue weighted by Crippen LogP contribution is -2.21. The summed E-state index contributed by atoms with van der Waals surface area (Å²) in [4.78, 5) is 1.36. The molecule has 0 spiro atoms. The Kier molecular flexibility index (Phi) is 4.42. The summed E-state index contributed by atoms with van der Waals surface area (Å²) in [5.41, 5.74) is 1.32. The van der Waals surface area contributed by atoms with Crippen LogP contribution in [0.25, 0.3) is 0 Å². The lowest BCUT2D eigenvalue weighted by Gasteiger charge is -2.16. The second-order valence-corrected chi connectivity index (χ2v) is 4.04. The molecule has 1 rings (SSSR count). The van der Waals surface area contributed by atoms with E-state index in [2.05, 4.69) is 30.6 Å². The Hall–Kier alpha value is -0.380. The van der Waals surface area contributed by atoms with Gasteiger partial charge < -0.3 is 10.4 Å². The molecule has 0 aromatic carbocycles. The highest BCUT2D eigenvalue weighted by Gasteiger charge is 2.12. The van der Waals surface area contributed by atoms with Crippen LogP contribution in [0.1, 0.15) is 29.8 Å². The summed E-state index contributed by atoms with van der Waals surface area (Å²) in [5.74, 6) is 0. The molecule has 0 radical (unpaired) electrons. The van der Waals surface area contributed by atoms with E-state index in [0.29, 0.717) is 6.04 Å². The van der Waals surface area contributed by atoms with E-state index in [1.54, 1.807) is 11.3 Å². The molecule has 0 saturated heterocycles. The van der Waals surface area contributed by atoms with Crippen molar-refractivity contribution >= 4 is 11.3 Å². The maximum Gasteiger partial charge on any atom is 0.0449 e. The Morgan fingerprint density at radius 1 is 1.62 bits per heavy atom. The van der Waals surface area contributed by atoms with Gasteiger partial charge >= 0.3 is 0 Å². The van der Waals surface area contributed by atoms with Crippen LogP contribution < -0.4 is 5.32 Å². The topological polar surface area (TPSA) is 32.3 Å². The first-order valence-electron chi connectivity index (χ1n) is 4.67. The van der Waals surface area contributed by atoms with E-state index < -0.39 is 0 Å². The molecule has 1 heterocycles. The standard InChI is InChI=1S/C10H17NOS/c1-3-11-9(4-6-12)10-8(2)5-7-13-10/h5,7,9,11-12H,3-4,6H2,1-2H3/t9-/m0/s1. The van der Waals surface area contributed by atoms with Gasteiger partial charge in [0.15, 0.2) is 0 Å². The van der Waals surface area contributed by atoms with Gasteiger partial charge in [-0.15, -0.1) is 11.3 Å². The van der Waals surface area contributed by atoms with Gasteiger partial charge in [-0.25, -0.2) is 0 Å². The molecule has 1 atom stereocenters. The van der Waals surface area contributed by atoms with Gasteiger partial charge in [-0.1, -0.05) is 6.92 Å². The van der Waals surface area contributed by atoms with Crippen LogP contribution in [-0.4, -0.2) is 18.3 Å². The number of hydrogen-bond donors (Lipinski definition) is 2. The number of aliphatic hydroxyl groups is 1. The molecule has 0 aliphatic carbocycles. The SMILES string of the molecule is CCN[C@@H](CCO)c1sccc1C. The first kappa shape index (κ1) is 10.7. The highest BCUT2D eigenvalue weighted by Crippen LogP contribution is 2.25. The Balaban J connectivity index is 2.69. The number of aliphatic hydroxyl groups excluding tert-OH is 1. The third kappa shape index (κ3) is 2.79. The van der Waals surface area contributed by atoms with Crippen molar-refractivity contribution in [3.63, 3.8) is 0 Å². The molecule has 13 heavy (non-hydrogen) atoms. The van der Waals surface area contributed by atoms with Crippen molar-refractivity contribution in [2.75, 3.05) is 13.2 Å². The molecule has 0 aliphatic rings. The van der Waals surface area contributed by atoms with E-state index in [1.807, 2.05) is 0 Å². The van der Waals surface area contributed by atoms with Crippen LogP contribution in [0.5, 0.6) is 0 Å². The normalized spacial score (nSPS) is 13.2. The van der Waals surface area contributed by atoms with E-state index in [-0.39, 0.29) is 6.61 Å². The third-order valence-electron chi connectivity index (χ3n) is 2.09. The van der Waals surface area contributed by atoms with Crippen LogP contribution in [0, 0.1) is 6.92 Å². The molecule has 3 heteroatoms. The average Bonchev–Trinajstić information content (AvgIpc) is 2.51. The molecule has 74 valence electrons. The maximum atomic E-state index is 8.92. The van der Waals surface area contributed by atoms with Gasteiger partial charge in [-0.05, 0) is 36.9 Å². The summed E-state index contributed by atoms with van der Waals surface area (Å²) in [5, 5.41) is 14.4. The van der Waals surface area contributed by atoms with Gasteiger partial charge in [0.25, 0.3) is 0 Å². The summed E-state index contributed by atoms with van der Waals surface area (Å²) in [7, 11) is 0. The molecule has 0 bridgehead atoms. The molecule has 2 nitrogen and oxygen atoms in total. The fraction of sp³-hybridized carbons (Fsp3) is 0.600. The number of hydrogen-bond acceptors (Lipinski definition) is 3. The Morgan fingerprint density at radius 3 is 2.85 bits per heavy atom. The number of aryl methyl sites for hydroxylation is 1. The molecule has 0 aliphatic heterocycles. The highest BCUT2D eigenvalue weighted by molar-refractivity contribution is 7.10. The molecule has 2 N–H and O–H groups in total. The second-order valence-electron chi connectivity index (χ2n) is 3.09. The fourth-order valence-corrected chi connectivity index (χ4v) is 2.48. The maximum absolute atomic E-state index is 8.92. The molecule has 0 unspecified atom stereocenters. The number of rotatable bonds is 5. The van der Waals surface area contributed by atoms with E-state index in [1.165, 1.54) is 10.4 Å². The van der Waals surface area contributed by atoms with Gasteiger partial charge in [-0.2, -0.15) is 0 Å². The van der Waals surface area contributed by atoms with E-state index in [4.69, 9.17) is 5.11 Å². The summed E-state index contributed by atoms with van der Waals surface area (Å²) in [6.45, 7) is 5.40. The molecular weight excluding hydrogens is 182 g/mol. The Labute approximate surface area is 83.6 Å². The second kappa shape index (κ2) is 5.37. The van der Waals surface area contributed by atoms with E-state index in [9.17, 15) is 0 Å². The van der Waals surface area contributed by atoms with E-state index in [0.717, 1.165) is 13.0 Å². The van der Waals surface area contributed by atoms with Crippen LogP contribution in [-0.2, 0) is 0 Å². The van der Waals surface area contributed by atoms with Crippen LogP contribution in [0.15, 0.2) is 11.4 Å². The minimum atomic E-state index is 0.245.